The molecule has 0 bridgehead atoms. The van der Waals surface area contributed by atoms with Crippen LogP contribution in [-0.4, -0.2) is 57.2 Å². The highest BCUT2D eigenvalue weighted by Gasteiger charge is 2.45. The Labute approximate surface area is 200 Å². The molecule has 2 aromatic rings. The summed E-state index contributed by atoms with van der Waals surface area (Å²) in [6.07, 6.45) is 3.11. The number of carboxylic acids is 1. The second-order valence-corrected chi connectivity index (χ2v) is 11.1. The highest BCUT2D eigenvalue weighted by molar-refractivity contribution is 7.92. The summed E-state index contributed by atoms with van der Waals surface area (Å²) in [5.74, 6) is 0.424. The number of carbonyl (C=O) groups is 1. The monoisotopic (exact) mass is 485 g/mol. The van der Waals surface area contributed by atoms with E-state index >= 15 is 0 Å². The molecule has 2 heterocycles. The number of nitrogens with one attached hydrogen (secondary N) is 2. The zero-order valence-corrected chi connectivity index (χ0v) is 20.1. The van der Waals surface area contributed by atoms with Crippen molar-refractivity contribution in [2.24, 2.45) is 11.8 Å². The molecule has 2 aromatic carbocycles. The van der Waals surface area contributed by atoms with Gasteiger partial charge in [0.2, 0.25) is 0 Å². The molecule has 9 heteroatoms. The number of hydrogen-bond donors (Lipinski definition) is 3. The number of para-hydroxylation sites is 1. The number of hydrogen-bond acceptors (Lipinski definition) is 6. The minimum atomic E-state index is -4.03. The number of aromatic carboxylic acids is 1. The van der Waals surface area contributed by atoms with Crippen LogP contribution in [0.25, 0.3) is 0 Å². The highest BCUT2D eigenvalue weighted by Crippen LogP contribution is 2.55. The lowest BCUT2D eigenvalue weighted by atomic mass is 10.0. The van der Waals surface area contributed by atoms with Gasteiger partial charge in [0.15, 0.2) is 0 Å². The van der Waals surface area contributed by atoms with Crippen LogP contribution >= 0.6 is 0 Å². The number of fused-ring (bicyclic) bond motifs is 3. The van der Waals surface area contributed by atoms with Crippen molar-refractivity contribution < 1.29 is 23.1 Å². The molecule has 0 radical (unpaired) electrons. The summed E-state index contributed by atoms with van der Waals surface area (Å²) in [6, 6.07) is 10.1. The fourth-order valence-electron chi connectivity index (χ4n) is 5.24. The van der Waals surface area contributed by atoms with E-state index in [2.05, 4.69) is 21.9 Å². The lowest BCUT2D eigenvalue weighted by Gasteiger charge is -2.21. The van der Waals surface area contributed by atoms with Gasteiger partial charge in [0, 0.05) is 19.0 Å². The van der Waals surface area contributed by atoms with Gasteiger partial charge in [0.05, 0.1) is 18.0 Å². The first-order chi connectivity index (χ1) is 16.4. The second-order valence-electron chi connectivity index (χ2n) is 9.49. The molecule has 0 spiro atoms. The lowest BCUT2D eigenvalue weighted by molar-refractivity contribution is 0.0692. The van der Waals surface area contributed by atoms with E-state index < -0.39 is 16.0 Å². The van der Waals surface area contributed by atoms with E-state index in [0.29, 0.717) is 36.6 Å². The number of benzene rings is 2. The first kappa shape index (κ1) is 23.0. The van der Waals surface area contributed by atoms with Gasteiger partial charge < -0.3 is 20.1 Å². The quantitative estimate of drug-likeness (QED) is 0.495. The van der Waals surface area contributed by atoms with Gasteiger partial charge in [-0.05, 0) is 68.0 Å². The molecule has 2 aliphatic heterocycles. The Morgan fingerprint density at radius 1 is 1.21 bits per heavy atom. The summed E-state index contributed by atoms with van der Waals surface area (Å²) >= 11 is 0. The van der Waals surface area contributed by atoms with Crippen molar-refractivity contribution in [3.63, 3.8) is 0 Å². The molecule has 0 aromatic heterocycles. The first-order valence-corrected chi connectivity index (χ1v) is 13.5. The van der Waals surface area contributed by atoms with Crippen molar-refractivity contribution in [2.45, 2.75) is 37.0 Å². The van der Waals surface area contributed by atoms with Gasteiger partial charge >= 0.3 is 5.97 Å². The Morgan fingerprint density at radius 3 is 2.79 bits per heavy atom. The largest absolute Gasteiger partial charge is 0.492 e. The van der Waals surface area contributed by atoms with Crippen molar-refractivity contribution in [3.8, 4) is 5.75 Å². The van der Waals surface area contributed by atoms with Crippen LogP contribution in [0.1, 0.15) is 48.0 Å². The summed E-state index contributed by atoms with van der Waals surface area (Å²) in [5, 5.41) is 13.2. The highest BCUT2D eigenvalue weighted by atomic mass is 32.2. The Kier molecular flexibility index (Phi) is 6.16. The fraction of sp³-hybridized carbons (Fsp3) is 0.480. The molecule has 5 rings (SSSR count). The lowest BCUT2D eigenvalue weighted by Crippen LogP contribution is -2.21. The molecule has 3 aliphatic rings. The molecule has 34 heavy (non-hydrogen) atoms. The van der Waals surface area contributed by atoms with E-state index in [1.54, 1.807) is 30.3 Å². The smallest absolute Gasteiger partial charge is 0.341 e. The minimum Gasteiger partial charge on any atom is -0.492 e. The average molecular weight is 486 g/mol. The summed E-state index contributed by atoms with van der Waals surface area (Å²) < 4.78 is 34.9. The minimum absolute atomic E-state index is 0.0192. The Hall–Kier alpha value is -2.78. The molecule has 182 valence electrons. The molecule has 3 atom stereocenters. The van der Waals surface area contributed by atoms with Gasteiger partial charge in [-0.1, -0.05) is 25.1 Å². The maximum absolute atomic E-state index is 13.3. The third-order valence-electron chi connectivity index (χ3n) is 7.27. The molecule has 1 saturated heterocycles. The molecular weight excluding hydrogens is 454 g/mol. The third-order valence-corrected chi connectivity index (χ3v) is 8.70. The van der Waals surface area contributed by atoms with E-state index in [-0.39, 0.29) is 21.9 Å². The Bertz CT molecular complexity index is 1200. The van der Waals surface area contributed by atoms with Gasteiger partial charge in [-0.3, -0.25) is 4.72 Å². The molecule has 0 amide bonds. The van der Waals surface area contributed by atoms with Crippen molar-refractivity contribution in [1.29, 1.82) is 0 Å². The molecule has 1 saturated carbocycles. The van der Waals surface area contributed by atoms with Crippen LogP contribution in [0.4, 0.5) is 11.4 Å². The van der Waals surface area contributed by atoms with Crippen molar-refractivity contribution in [1.82, 2.24) is 4.90 Å². The average Bonchev–Trinajstić information content (AvgIpc) is 3.48. The van der Waals surface area contributed by atoms with Crippen LogP contribution in [0.3, 0.4) is 0 Å². The first-order valence-electron chi connectivity index (χ1n) is 12.0. The normalized spacial score (nSPS) is 23.5. The number of nitrogens with zero attached hydrogens (tertiary/aromatic N) is 1. The molecular formula is C25H31N3O5S. The number of carboxylic acid groups (broad SMARTS) is 1. The molecule has 3 N–H and O–H groups in total. The van der Waals surface area contributed by atoms with Crippen LogP contribution < -0.4 is 14.8 Å². The summed E-state index contributed by atoms with van der Waals surface area (Å²) in [6.45, 7) is 6.57. The zero-order chi connectivity index (χ0) is 23.9. The predicted octanol–water partition coefficient (Wildman–Crippen LogP) is 3.83. The maximum Gasteiger partial charge on any atom is 0.341 e. The van der Waals surface area contributed by atoms with Crippen LogP contribution in [0, 0.1) is 11.8 Å². The summed E-state index contributed by atoms with van der Waals surface area (Å²) in [7, 11) is -4.03. The van der Waals surface area contributed by atoms with Crippen molar-refractivity contribution in [3.05, 3.63) is 47.5 Å². The molecule has 8 nitrogen and oxygen atoms in total. The Balaban J connectivity index is 1.34. The SMILES string of the molecule is CCN1CC[C@H](CCNc2ccccc2S(=O)(=O)Nc2ccc3c(c2C(=O)O)OCC2CC32)C1. The van der Waals surface area contributed by atoms with Gasteiger partial charge in [-0.15, -0.1) is 0 Å². The topological polar surface area (TPSA) is 108 Å². The van der Waals surface area contributed by atoms with E-state index in [1.807, 2.05) is 0 Å². The third kappa shape index (κ3) is 4.46. The van der Waals surface area contributed by atoms with Crippen molar-refractivity contribution >= 4 is 27.4 Å². The van der Waals surface area contributed by atoms with Crippen LogP contribution in [0.2, 0.25) is 0 Å². The van der Waals surface area contributed by atoms with E-state index in [0.717, 1.165) is 44.5 Å². The summed E-state index contributed by atoms with van der Waals surface area (Å²) in [5.41, 5.74) is 1.25. The van der Waals surface area contributed by atoms with Crippen LogP contribution in [0.15, 0.2) is 41.3 Å². The summed E-state index contributed by atoms with van der Waals surface area (Å²) in [4.78, 5) is 14.6. The zero-order valence-electron chi connectivity index (χ0n) is 19.3. The van der Waals surface area contributed by atoms with Crippen molar-refractivity contribution in [2.75, 3.05) is 42.8 Å². The number of ether oxygens (including phenoxy) is 1. The number of sulfonamides is 1. The molecule has 1 aliphatic carbocycles. The number of rotatable bonds is 9. The fourth-order valence-corrected chi connectivity index (χ4v) is 6.50. The predicted molar refractivity (Wildman–Crippen MR) is 130 cm³/mol. The van der Waals surface area contributed by atoms with Crippen LogP contribution in [-0.2, 0) is 10.0 Å². The maximum atomic E-state index is 13.3. The standard InChI is InChI=1S/C25H31N3O5S/c1-2-28-12-10-16(14-28)9-11-26-20-5-3-4-6-22(20)34(31,32)27-21-8-7-18-19-13-17(19)15-33-24(18)23(21)25(29)30/h3-8,16-17,19,26-27H,2,9-15H2,1H3,(H,29,30)/t16-,17?,19?/m0/s1. The van der Waals surface area contributed by atoms with Gasteiger partial charge in [0.25, 0.3) is 10.0 Å². The number of likely N-dealkylation sites (tertiary alicyclic amines) is 1. The number of anilines is 2. The van der Waals surface area contributed by atoms with Gasteiger partial charge in [0.1, 0.15) is 16.2 Å². The second kappa shape index (κ2) is 9.11. The van der Waals surface area contributed by atoms with Gasteiger partial charge in [-0.25, -0.2) is 13.2 Å². The van der Waals surface area contributed by atoms with E-state index in [1.165, 1.54) is 6.07 Å². The van der Waals surface area contributed by atoms with E-state index in [4.69, 9.17) is 4.74 Å². The van der Waals surface area contributed by atoms with Gasteiger partial charge in [-0.2, -0.15) is 0 Å². The van der Waals surface area contributed by atoms with Crippen LogP contribution in [0.5, 0.6) is 5.75 Å². The molecule has 2 fully saturated rings. The van der Waals surface area contributed by atoms with E-state index in [9.17, 15) is 18.3 Å². The Morgan fingerprint density at radius 2 is 2.03 bits per heavy atom. The molecule has 2 unspecified atom stereocenters.